The lowest BCUT2D eigenvalue weighted by atomic mass is 10.1. The molecule has 1 N–H and O–H groups in total. The van der Waals surface area contributed by atoms with Crippen molar-refractivity contribution in [1.82, 2.24) is 0 Å². The van der Waals surface area contributed by atoms with E-state index in [0.717, 1.165) is 4.47 Å². The third kappa shape index (κ3) is 4.54. The minimum atomic E-state index is -0.525. The molecule has 0 bridgehead atoms. The van der Waals surface area contributed by atoms with E-state index in [0.29, 0.717) is 16.8 Å². The zero-order chi connectivity index (χ0) is 17.5. The number of hydrogen-bond donors (Lipinski definition) is 1. The van der Waals surface area contributed by atoms with Gasteiger partial charge in [0.15, 0.2) is 0 Å². The van der Waals surface area contributed by atoms with E-state index in [1.807, 2.05) is 6.07 Å². The number of nitrogens with one attached hydrogen (secondary N) is 1. The summed E-state index contributed by atoms with van der Waals surface area (Å²) >= 11 is 3.31. The monoisotopic (exact) mass is 384 g/mol. The second-order valence-electron chi connectivity index (χ2n) is 4.75. The number of carbonyl (C=O) groups is 2. The van der Waals surface area contributed by atoms with Crippen LogP contribution in [0.4, 0.5) is 5.69 Å². The van der Waals surface area contributed by atoms with Gasteiger partial charge in [-0.15, -0.1) is 0 Å². The summed E-state index contributed by atoms with van der Waals surface area (Å²) in [5, 5.41) is 11.9. The molecule has 2 aromatic rings. The van der Waals surface area contributed by atoms with Gasteiger partial charge in [-0.3, -0.25) is 4.79 Å². The Morgan fingerprint density at radius 2 is 1.92 bits per heavy atom. The topological polar surface area (TPSA) is 79.2 Å². The molecule has 2 rings (SSSR count). The molecule has 0 saturated carbocycles. The largest absolute Gasteiger partial charge is 0.465 e. The van der Waals surface area contributed by atoms with Crippen LogP contribution in [-0.4, -0.2) is 19.0 Å². The smallest absolute Gasteiger partial charge is 0.337 e. The van der Waals surface area contributed by atoms with Crippen molar-refractivity contribution in [1.29, 1.82) is 5.26 Å². The molecule has 0 radical (unpaired) electrons. The van der Waals surface area contributed by atoms with E-state index >= 15 is 0 Å². The van der Waals surface area contributed by atoms with Crippen molar-refractivity contribution in [3.05, 3.63) is 69.7 Å². The Labute approximate surface area is 147 Å². The van der Waals surface area contributed by atoms with Crippen molar-refractivity contribution in [3.8, 4) is 6.07 Å². The van der Waals surface area contributed by atoms with Crippen LogP contribution in [-0.2, 0) is 9.53 Å². The number of ether oxygens (including phenoxy) is 1. The maximum Gasteiger partial charge on any atom is 0.337 e. The highest BCUT2D eigenvalue weighted by atomic mass is 79.9. The molecule has 0 saturated heterocycles. The first-order chi connectivity index (χ1) is 11.5. The Morgan fingerprint density at radius 3 is 2.54 bits per heavy atom. The highest BCUT2D eigenvalue weighted by Gasteiger charge is 2.11. The lowest BCUT2D eigenvalue weighted by molar-refractivity contribution is -0.112. The Hall–Kier alpha value is -2.91. The average molecular weight is 385 g/mol. The van der Waals surface area contributed by atoms with Gasteiger partial charge in [-0.2, -0.15) is 5.26 Å². The molecule has 6 heteroatoms. The van der Waals surface area contributed by atoms with Gasteiger partial charge < -0.3 is 10.1 Å². The van der Waals surface area contributed by atoms with Gasteiger partial charge in [-0.1, -0.05) is 28.1 Å². The van der Waals surface area contributed by atoms with Crippen LogP contribution < -0.4 is 5.32 Å². The van der Waals surface area contributed by atoms with Crippen LogP contribution in [0.2, 0.25) is 0 Å². The molecule has 1 amide bonds. The number of carbonyl (C=O) groups excluding carboxylic acids is 2. The van der Waals surface area contributed by atoms with Crippen LogP contribution in [0.1, 0.15) is 15.9 Å². The number of hydrogen-bond acceptors (Lipinski definition) is 4. The first kappa shape index (κ1) is 17.4. The molecule has 2 aromatic carbocycles. The number of nitrogens with zero attached hydrogens (tertiary/aromatic N) is 1. The maximum atomic E-state index is 12.2. The number of nitriles is 1. The molecule has 0 fully saturated rings. The van der Waals surface area contributed by atoms with Gasteiger partial charge in [0.25, 0.3) is 5.91 Å². The van der Waals surface area contributed by atoms with Crippen molar-refractivity contribution in [3.63, 3.8) is 0 Å². The van der Waals surface area contributed by atoms with Crippen LogP contribution in [0.3, 0.4) is 0 Å². The van der Waals surface area contributed by atoms with Gasteiger partial charge in [0.05, 0.1) is 12.7 Å². The van der Waals surface area contributed by atoms with Gasteiger partial charge in [-0.25, -0.2) is 4.79 Å². The zero-order valence-corrected chi connectivity index (χ0v) is 14.3. The minimum Gasteiger partial charge on any atom is -0.465 e. The molecular formula is C18H13BrN2O3. The first-order valence-corrected chi connectivity index (χ1v) is 7.70. The summed E-state index contributed by atoms with van der Waals surface area (Å²) in [7, 11) is 1.29. The Balaban J connectivity index is 2.22. The van der Waals surface area contributed by atoms with E-state index in [-0.39, 0.29) is 5.57 Å². The van der Waals surface area contributed by atoms with Crippen molar-refractivity contribution in [2.45, 2.75) is 0 Å². The number of anilines is 1. The van der Waals surface area contributed by atoms with E-state index in [2.05, 4.69) is 26.0 Å². The summed E-state index contributed by atoms with van der Waals surface area (Å²) < 4.78 is 5.54. The molecule has 24 heavy (non-hydrogen) atoms. The maximum absolute atomic E-state index is 12.2. The van der Waals surface area contributed by atoms with E-state index in [9.17, 15) is 14.9 Å². The molecule has 0 aliphatic heterocycles. The lowest BCUT2D eigenvalue weighted by Crippen LogP contribution is -2.13. The molecule has 0 heterocycles. The average Bonchev–Trinajstić information content (AvgIpc) is 2.61. The minimum absolute atomic E-state index is 0.0695. The van der Waals surface area contributed by atoms with Gasteiger partial charge >= 0.3 is 5.97 Å². The predicted molar refractivity (Wildman–Crippen MR) is 94.1 cm³/mol. The standard InChI is InChI=1S/C18H13BrN2O3/c1-24-18(23)13-4-2-3-12(9-13)10-14(11-20)17(22)21-16-7-5-15(19)6-8-16/h2-10H,1H3,(H,21,22)/b14-10+. The van der Waals surface area contributed by atoms with E-state index < -0.39 is 11.9 Å². The number of methoxy groups -OCH3 is 1. The van der Waals surface area contributed by atoms with E-state index in [1.54, 1.807) is 48.5 Å². The summed E-state index contributed by atoms with van der Waals surface area (Å²) in [6, 6.07) is 15.4. The summed E-state index contributed by atoms with van der Waals surface area (Å²) in [6.07, 6.45) is 1.42. The molecule has 0 unspecified atom stereocenters. The number of rotatable bonds is 4. The van der Waals surface area contributed by atoms with Crippen molar-refractivity contribution in [2.24, 2.45) is 0 Å². The van der Waals surface area contributed by atoms with E-state index in [4.69, 9.17) is 0 Å². The zero-order valence-electron chi connectivity index (χ0n) is 12.7. The second-order valence-corrected chi connectivity index (χ2v) is 5.66. The third-order valence-corrected chi connectivity index (χ3v) is 3.61. The first-order valence-electron chi connectivity index (χ1n) is 6.90. The van der Waals surface area contributed by atoms with Crippen LogP contribution >= 0.6 is 15.9 Å². The van der Waals surface area contributed by atoms with E-state index in [1.165, 1.54) is 13.2 Å². The summed E-state index contributed by atoms with van der Waals surface area (Å²) in [5.41, 5.74) is 1.41. The molecule has 0 aromatic heterocycles. The summed E-state index contributed by atoms with van der Waals surface area (Å²) in [6.45, 7) is 0. The fourth-order valence-corrected chi connectivity index (χ4v) is 2.18. The summed E-state index contributed by atoms with van der Waals surface area (Å²) in [5.74, 6) is -1.01. The van der Waals surface area contributed by atoms with Crippen molar-refractivity contribution >= 4 is 39.6 Å². The van der Waals surface area contributed by atoms with Crippen molar-refractivity contribution < 1.29 is 14.3 Å². The van der Waals surface area contributed by atoms with Crippen LogP contribution in [0.5, 0.6) is 0 Å². The third-order valence-electron chi connectivity index (χ3n) is 3.09. The highest BCUT2D eigenvalue weighted by Crippen LogP contribution is 2.16. The van der Waals surface area contributed by atoms with Crippen LogP contribution in [0, 0.1) is 11.3 Å². The number of amides is 1. The summed E-state index contributed by atoms with van der Waals surface area (Å²) in [4.78, 5) is 23.7. The number of halogens is 1. The molecular weight excluding hydrogens is 372 g/mol. The number of esters is 1. The van der Waals surface area contributed by atoms with Crippen LogP contribution in [0.15, 0.2) is 58.6 Å². The fourth-order valence-electron chi connectivity index (χ4n) is 1.92. The van der Waals surface area contributed by atoms with Gasteiger partial charge in [0, 0.05) is 10.2 Å². The highest BCUT2D eigenvalue weighted by molar-refractivity contribution is 9.10. The van der Waals surface area contributed by atoms with Crippen molar-refractivity contribution in [2.75, 3.05) is 12.4 Å². The Morgan fingerprint density at radius 1 is 1.21 bits per heavy atom. The molecule has 0 atom stereocenters. The quantitative estimate of drug-likeness (QED) is 0.494. The lowest BCUT2D eigenvalue weighted by Gasteiger charge is -2.05. The Bertz CT molecular complexity index is 836. The van der Waals surface area contributed by atoms with Gasteiger partial charge in [0.2, 0.25) is 0 Å². The Kier molecular flexibility index (Phi) is 5.88. The predicted octanol–water partition coefficient (Wildman–Crippen LogP) is 3.78. The molecule has 120 valence electrons. The van der Waals surface area contributed by atoms with Gasteiger partial charge in [-0.05, 0) is 48.0 Å². The fraction of sp³-hybridized carbons (Fsp3) is 0.0556. The molecule has 5 nitrogen and oxygen atoms in total. The normalized spacial score (nSPS) is 10.6. The second kappa shape index (κ2) is 8.09. The van der Waals surface area contributed by atoms with Crippen LogP contribution in [0.25, 0.3) is 6.08 Å². The van der Waals surface area contributed by atoms with Gasteiger partial charge in [0.1, 0.15) is 11.6 Å². The molecule has 0 aliphatic carbocycles. The number of benzene rings is 2. The SMILES string of the molecule is COC(=O)c1cccc(/C=C(\C#N)C(=O)Nc2ccc(Br)cc2)c1. The molecule has 0 spiro atoms. The molecule has 0 aliphatic rings.